The molecule has 2 aromatic rings. The van der Waals surface area contributed by atoms with Gasteiger partial charge in [0, 0.05) is 18.2 Å². The van der Waals surface area contributed by atoms with E-state index < -0.39 is 17.3 Å². The van der Waals surface area contributed by atoms with Gasteiger partial charge in [-0.15, -0.1) is 0 Å². The van der Waals surface area contributed by atoms with Gasteiger partial charge in [0.25, 0.3) is 0 Å². The number of aliphatic hydroxyl groups is 1. The third kappa shape index (κ3) is 7.81. The van der Waals surface area contributed by atoms with Gasteiger partial charge in [-0.2, -0.15) is 0 Å². The highest BCUT2D eigenvalue weighted by atomic mass is 32.2. The average molecular weight is 392 g/mol. The molecule has 0 radical (unpaired) electrons. The third-order valence-corrected chi connectivity index (χ3v) is 4.71. The van der Waals surface area contributed by atoms with Crippen molar-refractivity contribution in [2.75, 3.05) is 19.4 Å². The molecule has 2 atom stereocenters. The number of hydrogen-bond donors (Lipinski definition) is 2. The van der Waals surface area contributed by atoms with Crippen molar-refractivity contribution in [1.82, 2.24) is 5.32 Å². The lowest BCUT2D eigenvalue weighted by Gasteiger charge is -2.23. The zero-order valence-electron chi connectivity index (χ0n) is 16.4. The van der Waals surface area contributed by atoms with E-state index in [0.717, 1.165) is 5.56 Å². The molecule has 0 aromatic heterocycles. The maximum absolute atomic E-state index is 12.1. The van der Waals surface area contributed by atoms with Gasteiger partial charge in [0.1, 0.15) is 31.3 Å². The number of hydrogen-bond acceptors (Lipinski definition) is 5. The van der Waals surface area contributed by atoms with Crippen molar-refractivity contribution in [2.24, 2.45) is 0 Å². The van der Waals surface area contributed by atoms with Crippen molar-refractivity contribution in [3.63, 3.8) is 0 Å². The number of ether oxygens (including phenoxy) is 2. The first-order valence-electron chi connectivity index (χ1n) is 8.95. The fourth-order valence-electron chi connectivity index (χ4n) is 2.33. The summed E-state index contributed by atoms with van der Waals surface area (Å²) in [6.07, 6.45) is 0.977. The molecule has 0 aliphatic rings. The van der Waals surface area contributed by atoms with E-state index in [1.54, 1.807) is 24.5 Å². The van der Waals surface area contributed by atoms with Crippen LogP contribution in [0, 0.1) is 0 Å². The molecule has 5 nitrogen and oxygen atoms in total. The molecule has 0 aliphatic heterocycles. The van der Waals surface area contributed by atoms with Gasteiger partial charge >= 0.3 is 0 Å². The predicted octanol–water partition coefficient (Wildman–Crippen LogP) is 3.13. The molecule has 0 saturated heterocycles. The van der Waals surface area contributed by atoms with Crippen LogP contribution in [0.2, 0.25) is 0 Å². The Morgan fingerprint density at radius 2 is 1.81 bits per heavy atom. The Morgan fingerprint density at radius 3 is 2.44 bits per heavy atom. The summed E-state index contributed by atoms with van der Waals surface area (Å²) in [5, 5.41) is 13.3. The van der Waals surface area contributed by atoms with Crippen LogP contribution in [0.5, 0.6) is 11.5 Å². The Kier molecular flexibility index (Phi) is 7.98. The monoisotopic (exact) mass is 391 g/mol. The van der Waals surface area contributed by atoms with Crippen molar-refractivity contribution in [1.29, 1.82) is 0 Å². The number of nitrogens with one attached hydrogen (secondary N) is 1. The Hall–Kier alpha value is -1.73. The highest BCUT2D eigenvalue weighted by molar-refractivity contribution is 7.90. The minimum absolute atomic E-state index is 0.0645. The predicted molar refractivity (Wildman–Crippen MR) is 109 cm³/mol. The number of β-amino-alcohol motifs (C(OH)–C–C–N with tert-alkyl or cyclic N) is 1. The number of benzene rings is 2. The molecule has 0 bridgehead atoms. The van der Waals surface area contributed by atoms with Crippen LogP contribution < -0.4 is 14.8 Å². The second kappa shape index (κ2) is 9.99. The van der Waals surface area contributed by atoms with Crippen LogP contribution >= 0.6 is 0 Å². The van der Waals surface area contributed by atoms with Crippen LogP contribution in [0.4, 0.5) is 0 Å². The highest BCUT2D eigenvalue weighted by Crippen LogP contribution is 2.29. The highest BCUT2D eigenvalue weighted by Gasteiger charge is 2.17. The van der Waals surface area contributed by atoms with Crippen LogP contribution in [0.25, 0.3) is 0 Å². The molecular weight excluding hydrogens is 362 g/mol. The second-order valence-electron chi connectivity index (χ2n) is 7.43. The second-order valence-corrected chi connectivity index (χ2v) is 8.78. The van der Waals surface area contributed by atoms with E-state index in [1.807, 2.05) is 51.1 Å². The first-order chi connectivity index (χ1) is 12.7. The summed E-state index contributed by atoms with van der Waals surface area (Å²) in [5.41, 5.74) is 0.977. The van der Waals surface area contributed by atoms with Gasteiger partial charge in [0.05, 0.1) is 0 Å². The van der Waals surface area contributed by atoms with Gasteiger partial charge < -0.3 is 24.4 Å². The summed E-state index contributed by atoms with van der Waals surface area (Å²) in [6, 6.07) is 15.0. The van der Waals surface area contributed by atoms with Crippen molar-refractivity contribution < 1.29 is 19.1 Å². The summed E-state index contributed by atoms with van der Waals surface area (Å²) in [4.78, 5) is 0.575. The lowest BCUT2D eigenvalue weighted by Crippen LogP contribution is -2.42. The lowest BCUT2D eigenvalue weighted by atomic mass is 10.1. The summed E-state index contributed by atoms with van der Waals surface area (Å²) in [5.74, 6) is 1.13. The van der Waals surface area contributed by atoms with Gasteiger partial charge in [-0.05, 0) is 49.6 Å². The number of rotatable bonds is 9. The van der Waals surface area contributed by atoms with Gasteiger partial charge in [-0.1, -0.05) is 30.3 Å². The quantitative estimate of drug-likeness (QED) is 0.643. The molecule has 0 aliphatic carbocycles. The third-order valence-electron chi connectivity index (χ3n) is 3.77. The minimum Gasteiger partial charge on any atom is -0.612 e. The fourth-order valence-corrected chi connectivity index (χ4v) is 3.03. The van der Waals surface area contributed by atoms with Crippen molar-refractivity contribution in [2.45, 2.75) is 43.9 Å². The maximum atomic E-state index is 12.1. The molecule has 2 N–H and O–H groups in total. The lowest BCUT2D eigenvalue weighted by molar-refractivity contribution is 0.0999. The SMILES string of the molecule is C[S+]([O-])c1cc(OCC(O)CNC(C)(C)C)ccc1OCc1ccccc1. The first-order valence-corrected chi connectivity index (χ1v) is 10.5. The van der Waals surface area contributed by atoms with E-state index in [4.69, 9.17) is 9.47 Å². The van der Waals surface area contributed by atoms with Crippen molar-refractivity contribution >= 4 is 11.2 Å². The van der Waals surface area contributed by atoms with Gasteiger partial charge in [0.15, 0.2) is 10.6 Å². The molecule has 0 amide bonds. The van der Waals surface area contributed by atoms with E-state index >= 15 is 0 Å². The van der Waals surface area contributed by atoms with Crippen LogP contribution in [0.15, 0.2) is 53.4 Å². The molecular formula is C21H29NO4S. The molecule has 2 aromatic carbocycles. The summed E-state index contributed by atoms with van der Waals surface area (Å²) in [6.45, 7) is 7.12. The van der Waals surface area contributed by atoms with Gasteiger partial charge in [0.2, 0.25) is 0 Å². The van der Waals surface area contributed by atoms with Crippen molar-refractivity contribution in [3.05, 3.63) is 54.1 Å². The standard InChI is InChI=1S/C21H29NO4S/c1-21(2,3)22-13-17(23)15-25-18-10-11-19(20(12-18)27(4)24)26-14-16-8-6-5-7-9-16/h5-12,17,22-23H,13-15H2,1-4H3. The summed E-state index contributed by atoms with van der Waals surface area (Å²) < 4.78 is 23.6. The van der Waals surface area contributed by atoms with Gasteiger partial charge in [-0.3, -0.25) is 0 Å². The van der Waals surface area contributed by atoms with Crippen molar-refractivity contribution in [3.8, 4) is 11.5 Å². The molecule has 0 spiro atoms. The largest absolute Gasteiger partial charge is 0.612 e. The summed E-state index contributed by atoms with van der Waals surface area (Å²) >= 11 is -1.22. The minimum atomic E-state index is -1.22. The maximum Gasteiger partial charge on any atom is 0.198 e. The van der Waals surface area contributed by atoms with E-state index in [0.29, 0.717) is 29.5 Å². The van der Waals surface area contributed by atoms with Gasteiger partial charge in [-0.25, -0.2) is 0 Å². The van der Waals surface area contributed by atoms with E-state index in [2.05, 4.69) is 5.32 Å². The molecule has 6 heteroatoms. The zero-order chi connectivity index (χ0) is 19.9. The topological polar surface area (TPSA) is 73.8 Å². The van der Waals surface area contributed by atoms with Crippen LogP contribution in [0.3, 0.4) is 0 Å². The molecule has 2 rings (SSSR count). The van der Waals surface area contributed by atoms with E-state index in [-0.39, 0.29) is 12.1 Å². The molecule has 0 fully saturated rings. The molecule has 2 unspecified atom stereocenters. The normalized spacial score (nSPS) is 13.9. The molecule has 148 valence electrons. The van der Waals surface area contributed by atoms with Crippen LogP contribution in [0.1, 0.15) is 26.3 Å². The molecule has 27 heavy (non-hydrogen) atoms. The van der Waals surface area contributed by atoms with Crippen LogP contribution in [-0.4, -0.2) is 40.7 Å². The van der Waals surface area contributed by atoms with E-state index in [9.17, 15) is 9.66 Å². The molecule has 0 heterocycles. The fraction of sp³-hybridized carbons (Fsp3) is 0.429. The number of aliphatic hydroxyl groups excluding tert-OH is 1. The van der Waals surface area contributed by atoms with Crippen LogP contribution in [-0.2, 0) is 17.8 Å². The Bertz CT molecular complexity index is 701. The molecule has 0 saturated carbocycles. The first kappa shape index (κ1) is 21.6. The Labute approximate surface area is 164 Å². The smallest absolute Gasteiger partial charge is 0.198 e. The average Bonchev–Trinajstić information content (AvgIpc) is 2.63. The van der Waals surface area contributed by atoms with E-state index in [1.165, 1.54) is 0 Å². The summed E-state index contributed by atoms with van der Waals surface area (Å²) in [7, 11) is 0. The zero-order valence-corrected chi connectivity index (χ0v) is 17.2. The Balaban J connectivity index is 1.95. The Morgan fingerprint density at radius 1 is 1.11 bits per heavy atom.